The van der Waals surface area contributed by atoms with Gasteiger partial charge >= 0.3 is 0 Å². The van der Waals surface area contributed by atoms with Crippen molar-refractivity contribution in [2.45, 2.75) is 6.92 Å². The second-order valence-electron chi connectivity index (χ2n) is 6.48. The number of nitrogens with zero attached hydrogens (tertiary/aromatic N) is 2. The Balaban J connectivity index is 1.72. The van der Waals surface area contributed by atoms with Crippen LogP contribution in [0, 0.1) is 0 Å². The van der Waals surface area contributed by atoms with E-state index in [-0.39, 0.29) is 20.4 Å². The van der Waals surface area contributed by atoms with Gasteiger partial charge in [-0.15, -0.1) is 0 Å². The summed E-state index contributed by atoms with van der Waals surface area (Å²) in [5.41, 5.74) is 3.61. The number of benzene rings is 2. The highest BCUT2D eigenvalue weighted by atomic mass is 79.9. The molecular weight excluding hydrogens is 526 g/mol. The molecule has 0 aliphatic carbocycles. The highest BCUT2D eigenvalue weighted by Gasteiger charge is 2.44. The van der Waals surface area contributed by atoms with E-state index in [0.717, 1.165) is 21.7 Å². The number of rotatable bonds is 2. The molecule has 2 aliphatic rings. The zero-order valence-electron chi connectivity index (χ0n) is 15.6. The first kappa shape index (κ1) is 21.7. The van der Waals surface area contributed by atoms with Crippen LogP contribution in [0.1, 0.15) is 22.8 Å². The SMILES string of the molecule is CC(=O)N1C(=O)C(=C2SC(=S)N(NC(=O)c3ccc(Cl)cc3)C2=O)c2cc(Br)ccc21. The molecule has 2 heterocycles. The van der Waals surface area contributed by atoms with Crippen LogP contribution in [0.5, 0.6) is 0 Å². The average molecular weight is 537 g/mol. The number of carbonyl (C=O) groups is 4. The highest BCUT2D eigenvalue weighted by Crippen LogP contribution is 2.45. The lowest BCUT2D eigenvalue weighted by atomic mass is 10.1. The summed E-state index contributed by atoms with van der Waals surface area (Å²) in [7, 11) is 0. The number of hydrazine groups is 1. The highest BCUT2D eigenvalue weighted by molar-refractivity contribution is 9.10. The molecule has 0 atom stereocenters. The van der Waals surface area contributed by atoms with Crippen LogP contribution in [-0.4, -0.2) is 33.0 Å². The summed E-state index contributed by atoms with van der Waals surface area (Å²) in [6, 6.07) is 11.1. The fraction of sp³-hybridized carbons (Fsp3) is 0.0500. The predicted octanol–water partition coefficient (Wildman–Crippen LogP) is 3.91. The van der Waals surface area contributed by atoms with Gasteiger partial charge in [0.05, 0.1) is 16.2 Å². The van der Waals surface area contributed by atoms with E-state index in [2.05, 4.69) is 21.4 Å². The minimum atomic E-state index is -0.656. The lowest BCUT2D eigenvalue weighted by molar-refractivity contribution is -0.125. The van der Waals surface area contributed by atoms with Gasteiger partial charge in [-0.1, -0.05) is 39.3 Å². The number of thiocarbonyl (C=S) groups is 1. The molecule has 11 heteroatoms. The van der Waals surface area contributed by atoms with Gasteiger partial charge in [0.25, 0.3) is 17.7 Å². The van der Waals surface area contributed by atoms with Gasteiger partial charge in [0.15, 0.2) is 4.32 Å². The number of anilines is 1. The van der Waals surface area contributed by atoms with Crippen LogP contribution in [-0.2, 0) is 14.4 Å². The molecule has 1 N–H and O–H groups in total. The molecular formula is C20H11BrClN3O4S2. The van der Waals surface area contributed by atoms with Crippen molar-refractivity contribution in [1.29, 1.82) is 0 Å². The van der Waals surface area contributed by atoms with Crippen molar-refractivity contribution < 1.29 is 19.2 Å². The minimum absolute atomic E-state index is 0.0366. The van der Waals surface area contributed by atoms with E-state index in [4.69, 9.17) is 23.8 Å². The largest absolute Gasteiger partial charge is 0.286 e. The number of amides is 4. The molecule has 2 aromatic carbocycles. The Morgan fingerprint density at radius 3 is 2.42 bits per heavy atom. The molecule has 7 nitrogen and oxygen atoms in total. The van der Waals surface area contributed by atoms with Gasteiger partial charge in [-0.3, -0.25) is 24.6 Å². The maximum Gasteiger partial charge on any atom is 0.286 e. The maximum absolute atomic E-state index is 13.1. The zero-order chi connectivity index (χ0) is 22.4. The topological polar surface area (TPSA) is 86.8 Å². The average Bonchev–Trinajstić information content (AvgIpc) is 3.15. The molecule has 2 aromatic rings. The van der Waals surface area contributed by atoms with Crippen LogP contribution >= 0.6 is 51.5 Å². The second kappa shape index (κ2) is 8.19. The van der Waals surface area contributed by atoms with E-state index in [1.807, 2.05) is 0 Å². The molecule has 2 aliphatic heterocycles. The number of thioether (sulfide) groups is 1. The van der Waals surface area contributed by atoms with Gasteiger partial charge in [-0.05, 0) is 54.7 Å². The van der Waals surface area contributed by atoms with Gasteiger partial charge in [-0.25, -0.2) is 4.90 Å². The molecule has 0 radical (unpaired) electrons. The monoisotopic (exact) mass is 535 g/mol. The Labute approximate surface area is 199 Å². The Kier molecular flexibility index (Phi) is 5.73. The Hall–Kier alpha value is -2.53. The molecule has 0 spiro atoms. The molecule has 0 unspecified atom stereocenters. The summed E-state index contributed by atoms with van der Waals surface area (Å²) < 4.78 is 0.730. The Morgan fingerprint density at radius 1 is 1.10 bits per heavy atom. The first-order valence-electron chi connectivity index (χ1n) is 8.71. The molecule has 31 heavy (non-hydrogen) atoms. The number of hydrogen-bond donors (Lipinski definition) is 1. The summed E-state index contributed by atoms with van der Waals surface area (Å²) in [4.78, 5) is 51.8. The first-order chi connectivity index (χ1) is 14.7. The van der Waals surface area contributed by atoms with Crippen molar-refractivity contribution in [3.05, 3.63) is 68.0 Å². The van der Waals surface area contributed by atoms with Gasteiger partial charge in [0.1, 0.15) is 0 Å². The van der Waals surface area contributed by atoms with E-state index in [9.17, 15) is 19.2 Å². The van der Waals surface area contributed by atoms with Crippen molar-refractivity contribution >= 4 is 90.7 Å². The van der Waals surface area contributed by atoms with Gasteiger partial charge in [0, 0.05) is 27.5 Å². The Bertz CT molecular complexity index is 1230. The number of carbonyl (C=O) groups excluding carboxylic acids is 4. The third-order valence-corrected chi connectivity index (χ3v) is 6.63. The third-order valence-electron chi connectivity index (χ3n) is 4.52. The van der Waals surface area contributed by atoms with E-state index in [0.29, 0.717) is 20.7 Å². The van der Waals surface area contributed by atoms with Gasteiger partial charge in [-0.2, -0.15) is 5.01 Å². The number of imide groups is 1. The summed E-state index contributed by atoms with van der Waals surface area (Å²) in [5, 5.41) is 1.38. The van der Waals surface area contributed by atoms with E-state index >= 15 is 0 Å². The van der Waals surface area contributed by atoms with Crippen molar-refractivity contribution in [3.8, 4) is 0 Å². The zero-order valence-corrected chi connectivity index (χ0v) is 19.6. The van der Waals surface area contributed by atoms with Gasteiger partial charge in [0.2, 0.25) is 5.91 Å². The van der Waals surface area contributed by atoms with Crippen LogP contribution < -0.4 is 10.3 Å². The van der Waals surface area contributed by atoms with Gasteiger partial charge < -0.3 is 0 Å². The predicted molar refractivity (Wildman–Crippen MR) is 125 cm³/mol. The lowest BCUT2D eigenvalue weighted by Gasteiger charge is -2.15. The van der Waals surface area contributed by atoms with E-state index in [1.165, 1.54) is 19.1 Å². The summed E-state index contributed by atoms with van der Waals surface area (Å²) in [6.07, 6.45) is 0. The third kappa shape index (κ3) is 3.80. The normalized spacial score (nSPS) is 18.0. The first-order valence-corrected chi connectivity index (χ1v) is 11.1. The standard InChI is InChI=1S/C20H11BrClN3O4S2/c1-9(26)24-14-7-4-11(21)8-13(14)15(18(24)28)16-19(29)25(20(30)31-16)23-17(27)10-2-5-12(22)6-3-10/h2-8H,1H3,(H,23,27). The van der Waals surface area contributed by atoms with E-state index in [1.54, 1.807) is 30.3 Å². The smallest absolute Gasteiger partial charge is 0.274 e. The van der Waals surface area contributed by atoms with Crippen LogP contribution in [0.4, 0.5) is 5.69 Å². The summed E-state index contributed by atoms with van der Waals surface area (Å²) in [6.45, 7) is 1.27. The summed E-state index contributed by atoms with van der Waals surface area (Å²) in [5.74, 6) is -2.32. The molecule has 0 saturated carbocycles. The van der Waals surface area contributed by atoms with Crippen LogP contribution in [0.15, 0.2) is 51.8 Å². The fourth-order valence-corrected chi connectivity index (χ4v) is 4.89. The number of fused-ring (bicyclic) bond motifs is 1. The van der Waals surface area contributed by atoms with Crippen LogP contribution in [0.25, 0.3) is 5.57 Å². The number of nitrogens with one attached hydrogen (secondary N) is 1. The maximum atomic E-state index is 13.1. The molecule has 1 fully saturated rings. The molecule has 0 bridgehead atoms. The molecule has 4 amide bonds. The number of halogens is 2. The Morgan fingerprint density at radius 2 is 1.77 bits per heavy atom. The van der Waals surface area contributed by atoms with Crippen LogP contribution in [0.3, 0.4) is 0 Å². The quantitative estimate of drug-likeness (QED) is 0.463. The lowest BCUT2D eigenvalue weighted by Crippen LogP contribution is -2.45. The fourth-order valence-electron chi connectivity index (χ4n) is 3.15. The second-order valence-corrected chi connectivity index (χ2v) is 9.48. The number of hydrogen-bond acceptors (Lipinski definition) is 6. The molecule has 0 aromatic heterocycles. The molecule has 156 valence electrons. The molecule has 4 rings (SSSR count). The van der Waals surface area contributed by atoms with E-state index < -0.39 is 23.6 Å². The van der Waals surface area contributed by atoms with Crippen molar-refractivity contribution in [3.63, 3.8) is 0 Å². The summed E-state index contributed by atoms with van der Waals surface area (Å²) >= 11 is 15.3. The molecule has 1 saturated heterocycles. The van der Waals surface area contributed by atoms with Crippen molar-refractivity contribution in [2.24, 2.45) is 0 Å². The minimum Gasteiger partial charge on any atom is -0.274 e. The van der Waals surface area contributed by atoms with Crippen LogP contribution in [0.2, 0.25) is 5.02 Å². The van der Waals surface area contributed by atoms with Crippen molar-refractivity contribution in [1.82, 2.24) is 10.4 Å². The van der Waals surface area contributed by atoms with Crippen molar-refractivity contribution in [2.75, 3.05) is 4.90 Å².